The van der Waals surface area contributed by atoms with E-state index in [0.717, 1.165) is 25.3 Å². The van der Waals surface area contributed by atoms with Crippen molar-refractivity contribution < 1.29 is 9.84 Å². The topological polar surface area (TPSA) is 32.7 Å². The molecule has 0 bridgehead atoms. The molecule has 1 unspecified atom stereocenters. The Morgan fingerprint density at radius 2 is 1.95 bits per heavy atom. The molecule has 2 rings (SSSR count). The van der Waals surface area contributed by atoms with Gasteiger partial charge < -0.3 is 9.84 Å². The zero-order chi connectivity index (χ0) is 13.8. The number of rotatable bonds is 5. The lowest BCUT2D eigenvalue weighted by Crippen LogP contribution is -2.35. The van der Waals surface area contributed by atoms with E-state index in [0.29, 0.717) is 12.6 Å². The molecule has 0 spiro atoms. The maximum atomic E-state index is 9.28. The predicted molar refractivity (Wildman–Crippen MR) is 77.8 cm³/mol. The first-order chi connectivity index (χ1) is 9.11. The zero-order valence-electron chi connectivity index (χ0n) is 12.3. The molecule has 1 heterocycles. The summed E-state index contributed by atoms with van der Waals surface area (Å²) in [6.07, 6.45) is 2.30. The Morgan fingerprint density at radius 1 is 1.21 bits per heavy atom. The van der Waals surface area contributed by atoms with Crippen molar-refractivity contribution in [3.63, 3.8) is 0 Å². The molecule has 1 aliphatic rings. The Balaban J connectivity index is 1.87. The third-order valence-electron chi connectivity index (χ3n) is 4.14. The lowest BCUT2D eigenvalue weighted by Gasteiger charge is -2.22. The van der Waals surface area contributed by atoms with Crippen LogP contribution in [0.4, 0.5) is 0 Å². The quantitative estimate of drug-likeness (QED) is 0.885. The van der Waals surface area contributed by atoms with Crippen LogP contribution in [-0.2, 0) is 0 Å². The second-order valence-corrected chi connectivity index (χ2v) is 5.57. The predicted octanol–water partition coefficient (Wildman–Crippen LogP) is 2.45. The Labute approximate surface area is 116 Å². The maximum Gasteiger partial charge on any atom is 0.122 e. The van der Waals surface area contributed by atoms with E-state index in [1.807, 2.05) is 0 Å². The van der Waals surface area contributed by atoms with Crippen molar-refractivity contribution in [2.45, 2.75) is 39.7 Å². The van der Waals surface area contributed by atoms with Crippen LogP contribution < -0.4 is 4.74 Å². The van der Waals surface area contributed by atoms with Gasteiger partial charge in [-0.2, -0.15) is 0 Å². The van der Waals surface area contributed by atoms with Gasteiger partial charge in [-0.05, 0) is 62.9 Å². The Kier molecular flexibility index (Phi) is 4.83. The van der Waals surface area contributed by atoms with Crippen molar-refractivity contribution in [3.8, 4) is 5.75 Å². The van der Waals surface area contributed by atoms with Gasteiger partial charge in [-0.25, -0.2) is 0 Å². The van der Waals surface area contributed by atoms with Gasteiger partial charge in [0.25, 0.3) is 0 Å². The van der Waals surface area contributed by atoms with E-state index >= 15 is 0 Å². The first-order valence-corrected chi connectivity index (χ1v) is 7.17. The van der Waals surface area contributed by atoms with Gasteiger partial charge >= 0.3 is 0 Å². The molecule has 3 heteroatoms. The lowest BCUT2D eigenvalue weighted by atomic mass is 10.1. The second-order valence-electron chi connectivity index (χ2n) is 5.57. The van der Waals surface area contributed by atoms with E-state index in [-0.39, 0.29) is 6.61 Å². The van der Waals surface area contributed by atoms with Gasteiger partial charge in [0.2, 0.25) is 0 Å². The molecule has 0 amide bonds. The highest BCUT2D eigenvalue weighted by atomic mass is 16.5. The fourth-order valence-corrected chi connectivity index (χ4v) is 2.76. The van der Waals surface area contributed by atoms with E-state index < -0.39 is 0 Å². The molecule has 1 atom stereocenters. The molecular formula is C16H25NO2. The molecule has 0 saturated carbocycles. The van der Waals surface area contributed by atoms with Crippen LogP contribution in [0.3, 0.4) is 0 Å². The molecule has 0 radical (unpaired) electrons. The van der Waals surface area contributed by atoms with Crippen LogP contribution in [0.2, 0.25) is 0 Å². The minimum absolute atomic E-state index is 0.267. The number of aliphatic hydroxyl groups is 1. The molecule has 1 aromatic carbocycles. The largest absolute Gasteiger partial charge is 0.492 e. The molecule has 106 valence electrons. The van der Waals surface area contributed by atoms with Crippen molar-refractivity contribution in [1.29, 1.82) is 0 Å². The highest BCUT2D eigenvalue weighted by molar-refractivity contribution is 5.40. The maximum absolute atomic E-state index is 9.28. The van der Waals surface area contributed by atoms with E-state index in [2.05, 4.69) is 37.8 Å². The minimum atomic E-state index is 0.267. The van der Waals surface area contributed by atoms with Gasteiger partial charge in [-0.3, -0.25) is 4.90 Å². The summed E-state index contributed by atoms with van der Waals surface area (Å²) >= 11 is 0. The molecular weight excluding hydrogens is 238 g/mol. The lowest BCUT2D eigenvalue weighted by molar-refractivity contribution is 0.139. The number of ether oxygens (including phenoxy) is 1. The van der Waals surface area contributed by atoms with E-state index in [9.17, 15) is 5.11 Å². The Bertz CT molecular complexity index is 431. The molecule has 19 heavy (non-hydrogen) atoms. The van der Waals surface area contributed by atoms with E-state index in [4.69, 9.17) is 4.74 Å². The summed E-state index contributed by atoms with van der Waals surface area (Å²) in [6, 6.07) is 4.64. The molecule has 1 aromatic rings. The van der Waals surface area contributed by atoms with E-state index in [1.165, 1.54) is 23.1 Å². The summed E-state index contributed by atoms with van der Waals surface area (Å²) in [5.41, 5.74) is 3.78. The average Bonchev–Trinajstić information content (AvgIpc) is 2.83. The van der Waals surface area contributed by atoms with Crippen molar-refractivity contribution in [1.82, 2.24) is 4.90 Å². The third-order valence-corrected chi connectivity index (χ3v) is 4.14. The molecule has 0 aromatic heterocycles. The average molecular weight is 263 g/mol. The molecule has 0 aliphatic carbocycles. The molecule has 1 saturated heterocycles. The van der Waals surface area contributed by atoms with Crippen LogP contribution >= 0.6 is 0 Å². The van der Waals surface area contributed by atoms with Crippen LogP contribution in [0.1, 0.15) is 29.5 Å². The van der Waals surface area contributed by atoms with Gasteiger partial charge in [0, 0.05) is 12.6 Å². The number of hydrogen-bond donors (Lipinski definition) is 1. The second kappa shape index (κ2) is 6.40. The number of nitrogens with zero attached hydrogens (tertiary/aromatic N) is 1. The number of hydrogen-bond acceptors (Lipinski definition) is 3. The monoisotopic (exact) mass is 263 g/mol. The highest BCUT2D eigenvalue weighted by Crippen LogP contribution is 2.22. The minimum Gasteiger partial charge on any atom is -0.492 e. The van der Waals surface area contributed by atoms with Gasteiger partial charge in [0.1, 0.15) is 12.4 Å². The normalized spacial score (nSPS) is 19.9. The Morgan fingerprint density at radius 3 is 2.68 bits per heavy atom. The standard InChI is InChI=1S/C16H25NO2/c1-12-9-14(3)16(10-13(12)2)19-8-7-17-6-4-5-15(17)11-18/h9-10,15,18H,4-8,11H2,1-3H3. The summed E-state index contributed by atoms with van der Waals surface area (Å²) in [5, 5.41) is 9.28. The first-order valence-electron chi connectivity index (χ1n) is 7.17. The smallest absolute Gasteiger partial charge is 0.122 e. The van der Waals surface area contributed by atoms with Crippen molar-refractivity contribution >= 4 is 0 Å². The zero-order valence-corrected chi connectivity index (χ0v) is 12.3. The number of aliphatic hydroxyl groups excluding tert-OH is 1. The third kappa shape index (κ3) is 3.48. The van der Waals surface area contributed by atoms with Crippen molar-refractivity contribution in [3.05, 3.63) is 28.8 Å². The van der Waals surface area contributed by atoms with Gasteiger partial charge in [-0.15, -0.1) is 0 Å². The number of benzene rings is 1. The van der Waals surface area contributed by atoms with Crippen LogP contribution in [0, 0.1) is 20.8 Å². The Hall–Kier alpha value is -1.06. The van der Waals surface area contributed by atoms with Crippen LogP contribution in [0.5, 0.6) is 5.75 Å². The summed E-state index contributed by atoms with van der Waals surface area (Å²) in [4.78, 5) is 2.33. The fraction of sp³-hybridized carbons (Fsp3) is 0.625. The fourth-order valence-electron chi connectivity index (χ4n) is 2.76. The molecule has 3 nitrogen and oxygen atoms in total. The number of aryl methyl sites for hydroxylation is 3. The molecule has 1 aliphatic heterocycles. The summed E-state index contributed by atoms with van der Waals surface area (Å²) in [6.45, 7) is 9.28. The summed E-state index contributed by atoms with van der Waals surface area (Å²) in [5.74, 6) is 0.989. The highest BCUT2D eigenvalue weighted by Gasteiger charge is 2.23. The van der Waals surface area contributed by atoms with Crippen LogP contribution in [0.25, 0.3) is 0 Å². The van der Waals surface area contributed by atoms with Crippen molar-refractivity contribution in [2.75, 3.05) is 26.3 Å². The van der Waals surface area contributed by atoms with Crippen LogP contribution in [0.15, 0.2) is 12.1 Å². The molecule has 1 fully saturated rings. The SMILES string of the molecule is Cc1cc(C)c(OCCN2CCCC2CO)cc1C. The summed E-state index contributed by atoms with van der Waals surface area (Å²) in [7, 11) is 0. The van der Waals surface area contributed by atoms with Gasteiger partial charge in [0.05, 0.1) is 6.61 Å². The van der Waals surface area contributed by atoms with Crippen molar-refractivity contribution in [2.24, 2.45) is 0 Å². The van der Waals surface area contributed by atoms with E-state index in [1.54, 1.807) is 0 Å². The van der Waals surface area contributed by atoms with Gasteiger partial charge in [0.15, 0.2) is 0 Å². The first kappa shape index (κ1) is 14.4. The van der Waals surface area contributed by atoms with Crippen LogP contribution in [-0.4, -0.2) is 42.4 Å². The van der Waals surface area contributed by atoms with Gasteiger partial charge in [-0.1, -0.05) is 6.07 Å². The molecule has 1 N–H and O–H groups in total. The summed E-state index contributed by atoms with van der Waals surface area (Å²) < 4.78 is 5.90. The number of likely N-dealkylation sites (tertiary alicyclic amines) is 1.